The Hall–Kier alpha value is -1.65. The standard InChI is InChI=1S/C17H24N4/c1-13-11-20(9-8-17(13)18)14(2)15-10-19-21(12-15)16-6-4-3-5-7-16/h3-7,10,12-14,17H,8-9,11,18H2,1-2H3. The minimum absolute atomic E-state index is 0.348. The lowest BCUT2D eigenvalue weighted by Gasteiger charge is -2.38. The van der Waals surface area contributed by atoms with Crippen molar-refractivity contribution in [3.63, 3.8) is 0 Å². The van der Waals surface area contributed by atoms with Crippen molar-refractivity contribution >= 4 is 0 Å². The Morgan fingerprint density at radius 2 is 2.05 bits per heavy atom. The summed E-state index contributed by atoms with van der Waals surface area (Å²) in [6, 6.07) is 11.0. The molecule has 0 spiro atoms. The van der Waals surface area contributed by atoms with E-state index in [2.05, 4.69) is 42.2 Å². The number of hydrogen-bond donors (Lipinski definition) is 1. The number of hydrogen-bond acceptors (Lipinski definition) is 3. The normalized spacial score (nSPS) is 24.9. The van der Waals surface area contributed by atoms with E-state index in [9.17, 15) is 0 Å². The number of rotatable bonds is 3. The molecular weight excluding hydrogens is 260 g/mol. The van der Waals surface area contributed by atoms with Crippen molar-refractivity contribution in [2.75, 3.05) is 13.1 Å². The smallest absolute Gasteiger partial charge is 0.0645 e. The fourth-order valence-corrected chi connectivity index (χ4v) is 3.03. The van der Waals surface area contributed by atoms with Gasteiger partial charge < -0.3 is 5.73 Å². The highest BCUT2D eigenvalue weighted by molar-refractivity contribution is 5.31. The molecule has 0 radical (unpaired) electrons. The number of likely N-dealkylation sites (tertiary alicyclic amines) is 1. The third-order valence-corrected chi connectivity index (χ3v) is 4.66. The first-order valence-electron chi connectivity index (χ1n) is 7.75. The molecular formula is C17H24N4. The van der Waals surface area contributed by atoms with Gasteiger partial charge in [-0.1, -0.05) is 25.1 Å². The largest absolute Gasteiger partial charge is 0.327 e. The molecule has 21 heavy (non-hydrogen) atoms. The molecule has 112 valence electrons. The summed E-state index contributed by atoms with van der Waals surface area (Å²) in [6.45, 7) is 6.65. The molecule has 1 aromatic carbocycles. The fraction of sp³-hybridized carbons (Fsp3) is 0.471. The molecule has 1 aliphatic rings. The molecule has 0 saturated carbocycles. The second-order valence-electron chi connectivity index (χ2n) is 6.15. The topological polar surface area (TPSA) is 47.1 Å². The van der Waals surface area contributed by atoms with Crippen molar-refractivity contribution in [3.05, 3.63) is 48.3 Å². The lowest BCUT2D eigenvalue weighted by atomic mass is 9.93. The van der Waals surface area contributed by atoms with Crippen LogP contribution in [0.1, 0.15) is 31.9 Å². The van der Waals surface area contributed by atoms with Gasteiger partial charge in [-0.3, -0.25) is 4.90 Å². The van der Waals surface area contributed by atoms with Gasteiger partial charge in [0, 0.05) is 36.9 Å². The van der Waals surface area contributed by atoms with E-state index in [1.807, 2.05) is 29.1 Å². The molecule has 3 rings (SSSR count). The number of nitrogens with zero attached hydrogens (tertiary/aromatic N) is 3. The number of benzene rings is 1. The molecule has 2 heterocycles. The Morgan fingerprint density at radius 3 is 2.76 bits per heavy atom. The van der Waals surface area contributed by atoms with E-state index in [0.29, 0.717) is 18.0 Å². The summed E-state index contributed by atoms with van der Waals surface area (Å²) in [5, 5.41) is 4.50. The van der Waals surface area contributed by atoms with Gasteiger partial charge in [-0.2, -0.15) is 5.10 Å². The van der Waals surface area contributed by atoms with Crippen molar-refractivity contribution in [3.8, 4) is 5.69 Å². The number of piperidine rings is 1. The zero-order valence-electron chi connectivity index (χ0n) is 12.8. The van der Waals surface area contributed by atoms with Crippen molar-refractivity contribution in [1.82, 2.24) is 14.7 Å². The van der Waals surface area contributed by atoms with Crippen LogP contribution < -0.4 is 5.73 Å². The molecule has 1 saturated heterocycles. The summed E-state index contributed by atoms with van der Waals surface area (Å²) in [7, 11) is 0. The quantitative estimate of drug-likeness (QED) is 0.942. The lowest BCUT2D eigenvalue weighted by Crippen LogP contribution is -2.46. The van der Waals surface area contributed by atoms with E-state index in [4.69, 9.17) is 5.73 Å². The summed E-state index contributed by atoms with van der Waals surface area (Å²) in [5.74, 6) is 0.561. The highest BCUT2D eigenvalue weighted by atomic mass is 15.3. The maximum Gasteiger partial charge on any atom is 0.0645 e. The van der Waals surface area contributed by atoms with Gasteiger partial charge in [-0.15, -0.1) is 0 Å². The van der Waals surface area contributed by atoms with Crippen LogP contribution in [0.15, 0.2) is 42.7 Å². The highest BCUT2D eigenvalue weighted by Crippen LogP contribution is 2.26. The summed E-state index contributed by atoms with van der Waals surface area (Å²) in [6.07, 6.45) is 5.20. The van der Waals surface area contributed by atoms with E-state index in [1.54, 1.807) is 0 Å². The van der Waals surface area contributed by atoms with Gasteiger partial charge in [-0.05, 0) is 31.4 Å². The maximum atomic E-state index is 6.12. The Morgan fingerprint density at radius 1 is 1.29 bits per heavy atom. The third-order valence-electron chi connectivity index (χ3n) is 4.66. The second kappa shape index (κ2) is 6.00. The lowest BCUT2D eigenvalue weighted by molar-refractivity contribution is 0.124. The van der Waals surface area contributed by atoms with Gasteiger partial charge in [0.05, 0.1) is 11.9 Å². The van der Waals surface area contributed by atoms with Gasteiger partial charge in [-0.25, -0.2) is 4.68 Å². The monoisotopic (exact) mass is 284 g/mol. The molecule has 2 aromatic rings. The number of nitrogens with two attached hydrogens (primary N) is 1. The summed E-state index contributed by atoms with van der Waals surface area (Å²) in [4.78, 5) is 2.51. The first-order chi connectivity index (χ1) is 10.1. The van der Waals surface area contributed by atoms with E-state index < -0.39 is 0 Å². The van der Waals surface area contributed by atoms with Crippen LogP contribution in [0.2, 0.25) is 0 Å². The van der Waals surface area contributed by atoms with Gasteiger partial charge >= 0.3 is 0 Å². The van der Waals surface area contributed by atoms with Gasteiger partial charge in [0.1, 0.15) is 0 Å². The average Bonchev–Trinajstić information content (AvgIpc) is 3.00. The summed E-state index contributed by atoms with van der Waals surface area (Å²) < 4.78 is 1.95. The highest BCUT2D eigenvalue weighted by Gasteiger charge is 2.27. The molecule has 2 N–H and O–H groups in total. The van der Waals surface area contributed by atoms with E-state index in [-0.39, 0.29) is 0 Å². The molecule has 4 heteroatoms. The molecule has 0 amide bonds. The predicted octanol–water partition coefficient (Wildman–Crippen LogP) is 2.60. The van der Waals surface area contributed by atoms with Crippen LogP contribution in [0.4, 0.5) is 0 Å². The summed E-state index contributed by atoms with van der Waals surface area (Å²) >= 11 is 0. The second-order valence-corrected chi connectivity index (χ2v) is 6.15. The van der Waals surface area contributed by atoms with Gasteiger partial charge in [0.25, 0.3) is 0 Å². The molecule has 3 atom stereocenters. The third kappa shape index (κ3) is 3.01. The minimum atomic E-state index is 0.348. The number of para-hydroxylation sites is 1. The Balaban J connectivity index is 1.74. The molecule has 1 aliphatic heterocycles. The molecule has 4 nitrogen and oxygen atoms in total. The predicted molar refractivity (Wildman–Crippen MR) is 85.3 cm³/mol. The number of aromatic nitrogens is 2. The first-order valence-corrected chi connectivity index (χ1v) is 7.75. The van der Waals surface area contributed by atoms with E-state index >= 15 is 0 Å². The zero-order valence-corrected chi connectivity index (χ0v) is 12.8. The summed E-state index contributed by atoms with van der Waals surface area (Å²) in [5.41, 5.74) is 8.48. The van der Waals surface area contributed by atoms with Crippen molar-refractivity contribution in [1.29, 1.82) is 0 Å². The van der Waals surface area contributed by atoms with Gasteiger partial charge in [0.15, 0.2) is 0 Å². The van der Waals surface area contributed by atoms with Crippen molar-refractivity contribution < 1.29 is 0 Å². The Kier molecular flexibility index (Phi) is 4.08. The van der Waals surface area contributed by atoms with Crippen molar-refractivity contribution in [2.45, 2.75) is 32.4 Å². The van der Waals surface area contributed by atoms with Crippen LogP contribution in [-0.4, -0.2) is 33.8 Å². The Bertz CT molecular complexity index is 577. The minimum Gasteiger partial charge on any atom is -0.327 e. The molecule has 0 aliphatic carbocycles. The molecule has 1 aromatic heterocycles. The fourth-order valence-electron chi connectivity index (χ4n) is 3.03. The average molecular weight is 284 g/mol. The molecule has 1 fully saturated rings. The van der Waals surface area contributed by atoms with Crippen LogP contribution in [0, 0.1) is 5.92 Å². The van der Waals surface area contributed by atoms with Crippen molar-refractivity contribution in [2.24, 2.45) is 11.7 Å². The van der Waals surface area contributed by atoms with Crippen LogP contribution in [0.5, 0.6) is 0 Å². The van der Waals surface area contributed by atoms with Crippen LogP contribution in [0.25, 0.3) is 5.69 Å². The first kappa shape index (κ1) is 14.3. The Labute approximate surface area is 126 Å². The maximum absolute atomic E-state index is 6.12. The van der Waals surface area contributed by atoms with Gasteiger partial charge in [0.2, 0.25) is 0 Å². The molecule has 3 unspecified atom stereocenters. The van der Waals surface area contributed by atoms with Crippen LogP contribution in [0.3, 0.4) is 0 Å². The van der Waals surface area contributed by atoms with Crippen LogP contribution >= 0.6 is 0 Å². The molecule has 0 bridgehead atoms. The SMILES string of the molecule is CC1CN(C(C)c2cnn(-c3ccccc3)c2)CCC1N. The van der Waals surface area contributed by atoms with E-state index in [1.165, 1.54) is 5.56 Å². The zero-order chi connectivity index (χ0) is 14.8. The van der Waals surface area contributed by atoms with Crippen LogP contribution in [-0.2, 0) is 0 Å². The van der Waals surface area contributed by atoms with E-state index in [0.717, 1.165) is 25.2 Å².